The fraction of sp³-hybridized carbons (Fsp3) is 0.875. The number of alkyl halides is 1. The molecule has 0 aromatic heterocycles. The Kier molecular flexibility index (Phi) is 3.20. The summed E-state index contributed by atoms with van der Waals surface area (Å²) in [5.74, 6) is 0.541. The molecule has 0 radical (unpaired) electrons. The maximum absolute atomic E-state index is 10.8. The second kappa shape index (κ2) is 3.77. The number of carbonyl (C=O) groups is 1. The minimum absolute atomic E-state index is 0.00960. The Hall–Kier alpha value is 0.250. The third-order valence-corrected chi connectivity index (χ3v) is 3.34. The summed E-state index contributed by atoms with van der Waals surface area (Å²) in [7, 11) is 0. The van der Waals surface area contributed by atoms with E-state index in [4.69, 9.17) is 23.2 Å². The fourth-order valence-corrected chi connectivity index (χ4v) is 2.01. The van der Waals surface area contributed by atoms with Crippen LogP contribution in [0, 0.1) is 11.8 Å². The Bertz CT molecular complexity index is 158. The van der Waals surface area contributed by atoms with Crippen molar-refractivity contribution in [3.05, 3.63) is 0 Å². The van der Waals surface area contributed by atoms with Crippen molar-refractivity contribution in [2.75, 3.05) is 0 Å². The standard InChI is InChI=1S/C8H12Cl2O/c1-5-2-3-6(8(10)11)4-7(5)9/h5-7H,2-4H2,1H3. The van der Waals surface area contributed by atoms with Gasteiger partial charge in [0.25, 0.3) is 0 Å². The van der Waals surface area contributed by atoms with Crippen molar-refractivity contribution in [3.8, 4) is 0 Å². The van der Waals surface area contributed by atoms with E-state index in [0.29, 0.717) is 5.92 Å². The molecule has 3 heteroatoms. The lowest BCUT2D eigenvalue weighted by molar-refractivity contribution is -0.116. The first kappa shape index (κ1) is 9.34. The molecular formula is C8H12Cl2O. The Balaban J connectivity index is 2.46. The topological polar surface area (TPSA) is 17.1 Å². The van der Waals surface area contributed by atoms with Crippen LogP contribution in [-0.4, -0.2) is 10.6 Å². The van der Waals surface area contributed by atoms with Crippen LogP contribution in [0.3, 0.4) is 0 Å². The van der Waals surface area contributed by atoms with Crippen molar-refractivity contribution in [1.29, 1.82) is 0 Å². The monoisotopic (exact) mass is 194 g/mol. The van der Waals surface area contributed by atoms with Gasteiger partial charge in [-0.25, -0.2) is 0 Å². The number of carbonyl (C=O) groups excluding carboxylic acids is 1. The van der Waals surface area contributed by atoms with Gasteiger partial charge in [-0.05, 0) is 36.8 Å². The van der Waals surface area contributed by atoms with Gasteiger partial charge in [0.2, 0.25) is 5.24 Å². The zero-order chi connectivity index (χ0) is 8.43. The average Bonchev–Trinajstić information content (AvgIpc) is 1.94. The van der Waals surface area contributed by atoms with Crippen molar-refractivity contribution >= 4 is 28.4 Å². The molecule has 1 aliphatic carbocycles. The third kappa shape index (κ3) is 2.34. The van der Waals surface area contributed by atoms with Gasteiger partial charge < -0.3 is 0 Å². The molecule has 1 rings (SSSR count). The van der Waals surface area contributed by atoms with Gasteiger partial charge in [-0.1, -0.05) is 6.92 Å². The van der Waals surface area contributed by atoms with Crippen molar-refractivity contribution in [1.82, 2.24) is 0 Å². The van der Waals surface area contributed by atoms with Gasteiger partial charge in [0, 0.05) is 11.3 Å². The Labute approximate surface area is 77.1 Å². The van der Waals surface area contributed by atoms with Crippen LogP contribution in [0.1, 0.15) is 26.2 Å². The van der Waals surface area contributed by atoms with E-state index in [1.807, 2.05) is 0 Å². The summed E-state index contributed by atoms with van der Waals surface area (Å²) in [6, 6.07) is 0. The van der Waals surface area contributed by atoms with E-state index in [-0.39, 0.29) is 16.5 Å². The van der Waals surface area contributed by atoms with E-state index in [0.717, 1.165) is 19.3 Å². The van der Waals surface area contributed by atoms with Crippen LogP contribution in [0.2, 0.25) is 0 Å². The van der Waals surface area contributed by atoms with E-state index in [9.17, 15) is 4.79 Å². The van der Waals surface area contributed by atoms with Gasteiger partial charge in [-0.3, -0.25) is 4.79 Å². The van der Waals surface area contributed by atoms with E-state index in [1.54, 1.807) is 0 Å². The number of hydrogen-bond donors (Lipinski definition) is 0. The average molecular weight is 195 g/mol. The molecule has 1 saturated carbocycles. The van der Waals surface area contributed by atoms with Gasteiger partial charge in [0.1, 0.15) is 0 Å². The lowest BCUT2D eigenvalue weighted by Crippen LogP contribution is -2.26. The van der Waals surface area contributed by atoms with Crippen molar-refractivity contribution in [3.63, 3.8) is 0 Å². The molecule has 0 bridgehead atoms. The Morgan fingerprint density at radius 2 is 2.09 bits per heavy atom. The summed E-state index contributed by atoms with van der Waals surface area (Å²) >= 11 is 11.4. The normalized spacial score (nSPS) is 38.6. The quantitative estimate of drug-likeness (QED) is 0.464. The van der Waals surface area contributed by atoms with Crippen LogP contribution in [0.4, 0.5) is 0 Å². The zero-order valence-electron chi connectivity index (χ0n) is 6.52. The van der Waals surface area contributed by atoms with Crippen LogP contribution in [0.15, 0.2) is 0 Å². The lowest BCUT2D eigenvalue weighted by atomic mass is 9.83. The highest BCUT2D eigenvalue weighted by molar-refractivity contribution is 6.64. The smallest absolute Gasteiger partial charge is 0.224 e. The maximum Gasteiger partial charge on any atom is 0.224 e. The molecule has 0 aliphatic heterocycles. The molecule has 0 aromatic rings. The molecule has 3 atom stereocenters. The van der Waals surface area contributed by atoms with Crippen LogP contribution in [-0.2, 0) is 4.79 Å². The van der Waals surface area contributed by atoms with Crippen LogP contribution >= 0.6 is 23.2 Å². The minimum Gasteiger partial charge on any atom is -0.281 e. The van der Waals surface area contributed by atoms with E-state index in [1.165, 1.54) is 0 Å². The summed E-state index contributed by atoms with van der Waals surface area (Å²) in [5.41, 5.74) is 0. The molecule has 1 fully saturated rings. The molecule has 0 heterocycles. The van der Waals surface area contributed by atoms with Gasteiger partial charge >= 0.3 is 0 Å². The van der Waals surface area contributed by atoms with Gasteiger partial charge in [0.05, 0.1) is 0 Å². The van der Waals surface area contributed by atoms with E-state index >= 15 is 0 Å². The van der Waals surface area contributed by atoms with Crippen LogP contribution < -0.4 is 0 Å². The summed E-state index contributed by atoms with van der Waals surface area (Å²) in [6.45, 7) is 2.12. The molecule has 0 N–H and O–H groups in total. The largest absolute Gasteiger partial charge is 0.281 e. The highest BCUT2D eigenvalue weighted by atomic mass is 35.5. The molecule has 0 saturated heterocycles. The molecule has 0 spiro atoms. The van der Waals surface area contributed by atoms with Gasteiger partial charge in [-0.15, -0.1) is 11.6 Å². The molecule has 0 amide bonds. The molecule has 1 aliphatic rings. The molecule has 0 aromatic carbocycles. The predicted octanol–water partition coefficient (Wildman–Crippen LogP) is 2.80. The summed E-state index contributed by atoms with van der Waals surface area (Å²) in [4.78, 5) is 10.8. The number of hydrogen-bond acceptors (Lipinski definition) is 1. The van der Waals surface area contributed by atoms with Gasteiger partial charge in [-0.2, -0.15) is 0 Å². The van der Waals surface area contributed by atoms with E-state index in [2.05, 4.69) is 6.92 Å². The fourth-order valence-electron chi connectivity index (χ4n) is 1.47. The zero-order valence-corrected chi connectivity index (χ0v) is 8.03. The molecule has 64 valence electrons. The predicted molar refractivity (Wildman–Crippen MR) is 47.0 cm³/mol. The number of halogens is 2. The molecule has 1 nitrogen and oxygen atoms in total. The van der Waals surface area contributed by atoms with Gasteiger partial charge in [0.15, 0.2) is 0 Å². The maximum atomic E-state index is 10.8. The summed E-state index contributed by atoms with van der Waals surface area (Å²) in [6.07, 6.45) is 2.69. The van der Waals surface area contributed by atoms with Crippen LogP contribution in [0.25, 0.3) is 0 Å². The molecule has 11 heavy (non-hydrogen) atoms. The molecular weight excluding hydrogens is 183 g/mol. The van der Waals surface area contributed by atoms with Crippen LogP contribution in [0.5, 0.6) is 0 Å². The first-order chi connectivity index (χ1) is 5.11. The minimum atomic E-state index is -0.220. The highest BCUT2D eigenvalue weighted by Gasteiger charge is 2.29. The highest BCUT2D eigenvalue weighted by Crippen LogP contribution is 2.33. The first-order valence-corrected chi connectivity index (χ1v) is 4.76. The first-order valence-electron chi connectivity index (χ1n) is 3.94. The summed E-state index contributed by atoms with van der Waals surface area (Å²) in [5, 5.41) is -0.0843. The molecule has 3 unspecified atom stereocenters. The van der Waals surface area contributed by atoms with E-state index < -0.39 is 0 Å². The second-order valence-corrected chi connectivity index (χ2v) is 4.24. The third-order valence-electron chi connectivity index (χ3n) is 2.42. The Morgan fingerprint density at radius 3 is 2.55 bits per heavy atom. The Morgan fingerprint density at radius 1 is 1.45 bits per heavy atom. The SMILES string of the molecule is CC1CCC(C(=O)Cl)CC1Cl. The number of rotatable bonds is 1. The van der Waals surface area contributed by atoms with Crippen molar-refractivity contribution < 1.29 is 4.79 Å². The van der Waals surface area contributed by atoms with Crippen molar-refractivity contribution in [2.24, 2.45) is 11.8 Å². The second-order valence-electron chi connectivity index (χ2n) is 3.31. The summed E-state index contributed by atoms with van der Waals surface area (Å²) < 4.78 is 0. The lowest BCUT2D eigenvalue weighted by Gasteiger charge is -2.28. The van der Waals surface area contributed by atoms with Crippen molar-refractivity contribution in [2.45, 2.75) is 31.6 Å².